The summed E-state index contributed by atoms with van der Waals surface area (Å²) < 4.78 is 31.4. The molecule has 1 rings (SSSR count). The molecule has 1 aromatic carbocycles. The smallest absolute Gasteiger partial charge is 0.241 e. The highest BCUT2D eigenvalue weighted by molar-refractivity contribution is 7.89. The Morgan fingerprint density at radius 3 is 2.35 bits per heavy atom. The second-order valence-corrected chi connectivity index (χ2v) is 6.22. The van der Waals surface area contributed by atoms with E-state index >= 15 is 0 Å². The molecule has 0 aliphatic rings. The van der Waals surface area contributed by atoms with Gasteiger partial charge in [0, 0.05) is 6.04 Å². The summed E-state index contributed by atoms with van der Waals surface area (Å²) in [7, 11) is -3.69. The van der Waals surface area contributed by atoms with Crippen LogP contribution >= 0.6 is 0 Å². The second kappa shape index (κ2) is 7.25. The normalized spacial score (nSPS) is 11.4. The van der Waals surface area contributed by atoms with Gasteiger partial charge < -0.3 is 10.1 Å². The third kappa shape index (κ3) is 5.18. The van der Waals surface area contributed by atoms with Crippen molar-refractivity contribution >= 4 is 15.9 Å². The van der Waals surface area contributed by atoms with Crippen LogP contribution in [0.1, 0.15) is 20.8 Å². The maximum atomic E-state index is 12.0. The second-order valence-electron chi connectivity index (χ2n) is 4.45. The van der Waals surface area contributed by atoms with Gasteiger partial charge in [0.25, 0.3) is 0 Å². The summed E-state index contributed by atoms with van der Waals surface area (Å²) in [6.45, 7) is 5.69. The molecule has 0 aromatic heterocycles. The quantitative estimate of drug-likeness (QED) is 0.783. The maximum Gasteiger partial charge on any atom is 0.241 e. The highest BCUT2D eigenvalue weighted by Gasteiger charge is 2.15. The van der Waals surface area contributed by atoms with Gasteiger partial charge >= 0.3 is 0 Å². The van der Waals surface area contributed by atoms with E-state index in [-0.39, 0.29) is 23.4 Å². The first-order valence-electron chi connectivity index (χ1n) is 6.37. The van der Waals surface area contributed by atoms with Crippen molar-refractivity contribution < 1.29 is 17.9 Å². The SMILES string of the molecule is CCOc1ccc(S(=O)(=O)NCC(=O)NC(C)C)cc1. The van der Waals surface area contributed by atoms with Crippen LogP contribution in [0, 0.1) is 0 Å². The van der Waals surface area contributed by atoms with E-state index in [0.717, 1.165) is 0 Å². The number of nitrogens with one attached hydrogen (secondary N) is 2. The van der Waals surface area contributed by atoms with Crippen LogP contribution in [-0.4, -0.2) is 33.5 Å². The number of carbonyl (C=O) groups excluding carboxylic acids is 1. The van der Waals surface area contributed by atoms with Crippen LogP contribution in [0.5, 0.6) is 5.75 Å². The predicted molar refractivity (Wildman–Crippen MR) is 76.1 cm³/mol. The topological polar surface area (TPSA) is 84.5 Å². The summed E-state index contributed by atoms with van der Waals surface area (Å²) in [6, 6.07) is 6.00. The Bertz CT molecular complexity index is 538. The van der Waals surface area contributed by atoms with Crippen molar-refractivity contribution in [2.24, 2.45) is 0 Å². The van der Waals surface area contributed by atoms with Crippen LogP contribution < -0.4 is 14.8 Å². The van der Waals surface area contributed by atoms with E-state index in [9.17, 15) is 13.2 Å². The van der Waals surface area contributed by atoms with E-state index < -0.39 is 10.0 Å². The molecule has 0 spiro atoms. The van der Waals surface area contributed by atoms with Crippen molar-refractivity contribution in [3.8, 4) is 5.75 Å². The summed E-state index contributed by atoms with van der Waals surface area (Å²) >= 11 is 0. The van der Waals surface area contributed by atoms with Gasteiger partial charge in [-0.2, -0.15) is 0 Å². The zero-order valence-electron chi connectivity index (χ0n) is 11.8. The van der Waals surface area contributed by atoms with Crippen molar-refractivity contribution in [3.05, 3.63) is 24.3 Å². The minimum atomic E-state index is -3.69. The Morgan fingerprint density at radius 1 is 1.25 bits per heavy atom. The van der Waals surface area contributed by atoms with E-state index in [0.29, 0.717) is 12.4 Å². The molecule has 7 heteroatoms. The first-order valence-corrected chi connectivity index (χ1v) is 7.85. The van der Waals surface area contributed by atoms with Crippen LogP contribution in [0.4, 0.5) is 0 Å². The molecule has 0 aliphatic carbocycles. The van der Waals surface area contributed by atoms with Gasteiger partial charge in [-0.05, 0) is 45.0 Å². The van der Waals surface area contributed by atoms with E-state index in [1.165, 1.54) is 12.1 Å². The fourth-order valence-corrected chi connectivity index (χ4v) is 2.48. The molecular weight excluding hydrogens is 280 g/mol. The van der Waals surface area contributed by atoms with Gasteiger partial charge in [0.05, 0.1) is 18.0 Å². The standard InChI is InChI=1S/C13H20N2O4S/c1-4-19-11-5-7-12(8-6-11)20(17,18)14-9-13(16)15-10(2)3/h5-8,10,14H,4,9H2,1-3H3,(H,15,16). The van der Waals surface area contributed by atoms with E-state index in [4.69, 9.17) is 4.74 Å². The van der Waals surface area contributed by atoms with Gasteiger partial charge in [-0.25, -0.2) is 13.1 Å². The molecule has 0 fully saturated rings. The third-order valence-electron chi connectivity index (χ3n) is 2.32. The number of benzene rings is 1. The molecule has 0 aliphatic heterocycles. The van der Waals surface area contributed by atoms with Gasteiger partial charge in [0.1, 0.15) is 5.75 Å². The van der Waals surface area contributed by atoms with Crippen molar-refractivity contribution in [3.63, 3.8) is 0 Å². The lowest BCUT2D eigenvalue weighted by Gasteiger charge is -2.10. The fourth-order valence-electron chi connectivity index (χ4n) is 1.50. The maximum absolute atomic E-state index is 12.0. The summed E-state index contributed by atoms with van der Waals surface area (Å²) in [6.07, 6.45) is 0. The monoisotopic (exact) mass is 300 g/mol. The number of ether oxygens (including phenoxy) is 1. The predicted octanol–water partition coefficient (Wildman–Crippen LogP) is 0.888. The number of rotatable bonds is 7. The zero-order valence-corrected chi connectivity index (χ0v) is 12.7. The number of hydrogen-bond donors (Lipinski definition) is 2. The minimum Gasteiger partial charge on any atom is -0.494 e. The molecule has 0 bridgehead atoms. The molecule has 0 unspecified atom stereocenters. The molecule has 0 saturated carbocycles. The average molecular weight is 300 g/mol. The Hall–Kier alpha value is -1.60. The number of hydrogen-bond acceptors (Lipinski definition) is 4. The van der Waals surface area contributed by atoms with E-state index in [1.54, 1.807) is 26.0 Å². The summed E-state index contributed by atoms with van der Waals surface area (Å²) in [5.74, 6) is 0.235. The molecule has 1 aromatic rings. The highest BCUT2D eigenvalue weighted by Crippen LogP contribution is 2.15. The van der Waals surface area contributed by atoms with Crippen molar-refractivity contribution in [2.45, 2.75) is 31.7 Å². The summed E-state index contributed by atoms with van der Waals surface area (Å²) in [5, 5.41) is 2.61. The minimum absolute atomic E-state index is 0.0301. The van der Waals surface area contributed by atoms with Gasteiger partial charge in [0.15, 0.2) is 0 Å². The first kappa shape index (κ1) is 16.5. The van der Waals surface area contributed by atoms with Crippen molar-refractivity contribution in [1.82, 2.24) is 10.0 Å². The van der Waals surface area contributed by atoms with E-state index in [1.807, 2.05) is 6.92 Å². The lowest BCUT2D eigenvalue weighted by atomic mass is 10.3. The molecule has 1 amide bonds. The molecule has 0 atom stereocenters. The van der Waals surface area contributed by atoms with Gasteiger partial charge in [-0.15, -0.1) is 0 Å². The van der Waals surface area contributed by atoms with Crippen LogP contribution in [-0.2, 0) is 14.8 Å². The van der Waals surface area contributed by atoms with Crippen molar-refractivity contribution in [2.75, 3.05) is 13.2 Å². The Kier molecular flexibility index (Phi) is 5.97. The summed E-state index contributed by atoms with van der Waals surface area (Å²) in [4.78, 5) is 11.5. The van der Waals surface area contributed by atoms with E-state index in [2.05, 4.69) is 10.0 Å². The number of carbonyl (C=O) groups is 1. The van der Waals surface area contributed by atoms with Crippen LogP contribution in [0.15, 0.2) is 29.2 Å². The molecular formula is C13H20N2O4S. The van der Waals surface area contributed by atoms with Crippen LogP contribution in [0.3, 0.4) is 0 Å². The summed E-state index contributed by atoms with van der Waals surface area (Å²) in [5.41, 5.74) is 0. The molecule has 0 radical (unpaired) electrons. The third-order valence-corrected chi connectivity index (χ3v) is 3.73. The lowest BCUT2D eigenvalue weighted by molar-refractivity contribution is -0.120. The Morgan fingerprint density at radius 2 is 1.85 bits per heavy atom. The lowest BCUT2D eigenvalue weighted by Crippen LogP contribution is -2.39. The zero-order chi connectivity index (χ0) is 15.2. The largest absolute Gasteiger partial charge is 0.494 e. The number of amides is 1. The first-order chi connectivity index (χ1) is 9.35. The molecule has 2 N–H and O–H groups in total. The average Bonchev–Trinajstić information content (AvgIpc) is 2.37. The van der Waals surface area contributed by atoms with Crippen molar-refractivity contribution in [1.29, 1.82) is 0 Å². The Balaban J connectivity index is 2.66. The molecule has 0 heterocycles. The number of sulfonamides is 1. The molecule has 20 heavy (non-hydrogen) atoms. The van der Waals surface area contributed by atoms with Gasteiger partial charge in [-0.1, -0.05) is 0 Å². The van der Waals surface area contributed by atoms with Crippen LogP contribution in [0.25, 0.3) is 0 Å². The molecule has 6 nitrogen and oxygen atoms in total. The highest BCUT2D eigenvalue weighted by atomic mass is 32.2. The molecule has 0 saturated heterocycles. The fraction of sp³-hybridized carbons (Fsp3) is 0.462. The Labute approximate surface area is 119 Å². The van der Waals surface area contributed by atoms with Crippen LogP contribution in [0.2, 0.25) is 0 Å². The van der Waals surface area contributed by atoms with Gasteiger partial charge in [0.2, 0.25) is 15.9 Å². The molecule has 112 valence electrons. The van der Waals surface area contributed by atoms with Gasteiger partial charge in [-0.3, -0.25) is 4.79 Å².